The predicted molar refractivity (Wildman–Crippen MR) is 88.3 cm³/mol. The van der Waals surface area contributed by atoms with Crippen LogP contribution in [-0.2, 0) is 13.3 Å². The van der Waals surface area contributed by atoms with Gasteiger partial charge >= 0.3 is 8.80 Å². The average molecular weight is 319 g/mol. The van der Waals surface area contributed by atoms with Crippen molar-refractivity contribution in [2.45, 2.75) is 58.3 Å². The third-order valence-corrected chi connectivity index (χ3v) is 8.92. The topological polar surface area (TPSA) is 43.0 Å². The van der Waals surface area contributed by atoms with Gasteiger partial charge in [0.1, 0.15) is 0 Å². The highest BCUT2D eigenvalue weighted by Crippen LogP contribution is 2.43. The molecule has 0 aromatic carbocycles. The Balaban J connectivity index is 2.92. The van der Waals surface area contributed by atoms with E-state index in [0.29, 0.717) is 6.04 Å². The maximum atomic E-state index is 5.60. The summed E-state index contributed by atoms with van der Waals surface area (Å²) in [6.45, 7) is 12.5. The van der Waals surface area contributed by atoms with E-state index in [1.807, 2.05) is 0 Å². The molecular formula is C15H34N2O3Si. The highest BCUT2D eigenvalue weighted by atomic mass is 28.4. The molecule has 21 heavy (non-hydrogen) atoms. The van der Waals surface area contributed by atoms with Crippen LogP contribution in [0.4, 0.5) is 0 Å². The normalized spacial score (nSPS) is 27.6. The van der Waals surface area contributed by atoms with Crippen molar-refractivity contribution in [2.24, 2.45) is 5.41 Å². The minimum absolute atomic E-state index is 0.0565. The lowest BCUT2D eigenvalue weighted by molar-refractivity contribution is -0.0415. The van der Waals surface area contributed by atoms with Crippen molar-refractivity contribution in [2.75, 3.05) is 34.9 Å². The van der Waals surface area contributed by atoms with E-state index >= 15 is 0 Å². The van der Waals surface area contributed by atoms with Crippen LogP contribution in [0.3, 0.4) is 0 Å². The van der Waals surface area contributed by atoms with Gasteiger partial charge in [0.15, 0.2) is 0 Å². The Kier molecular flexibility index (Phi) is 6.03. The van der Waals surface area contributed by atoms with Crippen molar-refractivity contribution < 1.29 is 13.3 Å². The standard InChI is InChI=1S/C15H34N2O3Si/c1-12(21(18-7,19-8)20-9)16-13-10-11-17(6)15(4,5)14(13,2)3/h12-13,16H,10-11H2,1-9H3. The van der Waals surface area contributed by atoms with E-state index in [1.165, 1.54) is 0 Å². The molecule has 0 radical (unpaired) electrons. The molecule has 0 saturated carbocycles. The maximum Gasteiger partial charge on any atom is 0.517 e. The fourth-order valence-corrected chi connectivity index (χ4v) is 5.32. The lowest BCUT2D eigenvalue weighted by atomic mass is 9.65. The van der Waals surface area contributed by atoms with Gasteiger partial charge in [-0.2, -0.15) is 0 Å². The van der Waals surface area contributed by atoms with Crippen LogP contribution in [0.1, 0.15) is 41.0 Å². The number of piperidine rings is 1. The molecule has 0 spiro atoms. The highest BCUT2D eigenvalue weighted by Gasteiger charge is 2.52. The molecular weight excluding hydrogens is 284 g/mol. The van der Waals surface area contributed by atoms with Gasteiger partial charge in [-0.05, 0) is 46.2 Å². The summed E-state index contributed by atoms with van der Waals surface area (Å²) in [4.78, 5) is 2.45. The number of hydrogen-bond donors (Lipinski definition) is 1. The molecule has 1 rings (SSSR count). The third kappa shape index (κ3) is 3.21. The molecule has 1 aliphatic heterocycles. The fraction of sp³-hybridized carbons (Fsp3) is 1.00. The molecule has 1 heterocycles. The minimum atomic E-state index is -2.66. The first kappa shape index (κ1) is 19.1. The van der Waals surface area contributed by atoms with Crippen molar-refractivity contribution in [3.05, 3.63) is 0 Å². The molecule has 0 amide bonds. The Bertz CT molecular complexity index is 338. The zero-order chi connectivity index (χ0) is 16.5. The van der Waals surface area contributed by atoms with Crippen molar-refractivity contribution in [1.82, 2.24) is 10.2 Å². The monoisotopic (exact) mass is 318 g/mol. The highest BCUT2D eigenvalue weighted by molar-refractivity contribution is 6.62. The third-order valence-electron chi connectivity index (χ3n) is 5.99. The molecule has 1 N–H and O–H groups in total. The summed E-state index contributed by atoms with van der Waals surface area (Å²) in [6.07, 6.45) is 1.11. The first-order valence-corrected chi connectivity index (χ1v) is 9.52. The summed E-state index contributed by atoms with van der Waals surface area (Å²) in [6, 6.07) is 0.394. The summed E-state index contributed by atoms with van der Waals surface area (Å²) in [7, 11) is 4.56. The quantitative estimate of drug-likeness (QED) is 0.758. The van der Waals surface area contributed by atoms with Gasteiger partial charge in [-0.15, -0.1) is 0 Å². The summed E-state index contributed by atoms with van der Waals surface area (Å²) >= 11 is 0. The molecule has 126 valence electrons. The minimum Gasteiger partial charge on any atom is -0.376 e. The summed E-state index contributed by atoms with van der Waals surface area (Å²) in [5, 5.41) is 3.74. The lowest BCUT2D eigenvalue weighted by Gasteiger charge is -2.57. The Morgan fingerprint density at radius 3 is 2.00 bits per heavy atom. The van der Waals surface area contributed by atoms with E-state index in [4.69, 9.17) is 13.3 Å². The Morgan fingerprint density at radius 1 is 1.10 bits per heavy atom. The lowest BCUT2D eigenvalue weighted by Crippen LogP contribution is -2.69. The summed E-state index contributed by atoms with van der Waals surface area (Å²) in [5.74, 6) is 0. The molecule has 6 heteroatoms. The molecule has 0 aliphatic carbocycles. The number of rotatable bonds is 6. The largest absolute Gasteiger partial charge is 0.517 e. The fourth-order valence-electron chi connectivity index (χ4n) is 3.36. The van der Waals surface area contributed by atoms with Gasteiger partial charge in [0, 0.05) is 32.9 Å². The molecule has 2 unspecified atom stereocenters. The van der Waals surface area contributed by atoms with E-state index < -0.39 is 8.80 Å². The Labute approximate surface area is 131 Å². The van der Waals surface area contributed by atoms with Crippen molar-refractivity contribution in [3.63, 3.8) is 0 Å². The van der Waals surface area contributed by atoms with Crippen LogP contribution in [0, 0.1) is 5.41 Å². The molecule has 0 aromatic heterocycles. The van der Waals surface area contributed by atoms with E-state index in [1.54, 1.807) is 21.3 Å². The van der Waals surface area contributed by atoms with Gasteiger partial charge in [-0.1, -0.05) is 13.8 Å². The molecule has 1 saturated heterocycles. The smallest absolute Gasteiger partial charge is 0.376 e. The molecule has 0 bridgehead atoms. The van der Waals surface area contributed by atoms with Crippen molar-refractivity contribution in [3.8, 4) is 0 Å². The van der Waals surface area contributed by atoms with E-state index in [0.717, 1.165) is 13.0 Å². The molecule has 1 aliphatic rings. The second-order valence-corrected chi connectivity index (χ2v) is 10.4. The molecule has 5 nitrogen and oxygen atoms in total. The van der Waals surface area contributed by atoms with Crippen molar-refractivity contribution >= 4 is 8.80 Å². The van der Waals surface area contributed by atoms with Crippen LogP contribution in [0.2, 0.25) is 0 Å². The Hall–Kier alpha value is 0.0169. The molecule has 0 aromatic rings. The number of likely N-dealkylation sites (tertiary alicyclic amines) is 1. The molecule has 2 atom stereocenters. The van der Waals surface area contributed by atoms with Crippen LogP contribution >= 0.6 is 0 Å². The summed E-state index contributed by atoms with van der Waals surface area (Å²) < 4.78 is 16.8. The van der Waals surface area contributed by atoms with Gasteiger partial charge < -0.3 is 23.5 Å². The van der Waals surface area contributed by atoms with Crippen LogP contribution < -0.4 is 5.32 Å². The van der Waals surface area contributed by atoms with E-state index in [9.17, 15) is 0 Å². The average Bonchev–Trinajstić information content (AvgIpc) is 2.43. The number of nitrogens with one attached hydrogen (secondary N) is 1. The van der Waals surface area contributed by atoms with Crippen molar-refractivity contribution in [1.29, 1.82) is 0 Å². The van der Waals surface area contributed by atoms with Gasteiger partial charge in [0.25, 0.3) is 0 Å². The van der Waals surface area contributed by atoms with E-state index in [2.05, 4.69) is 51.9 Å². The second kappa shape index (κ2) is 6.64. The van der Waals surface area contributed by atoms with Crippen LogP contribution in [0.25, 0.3) is 0 Å². The van der Waals surface area contributed by atoms with Crippen LogP contribution in [0.15, 0.2) is 0 Å². The van der Waals surface area contributed by atoms with Gasteiger partial charge in [0.2, 0.25) is 0 Å². The molecule has 1 fully saturated rings. The first-order chi connectivity index (χ1) is 9.59. The SMILES string of the molecule is CO[Si](OC)(OC)C(C)NC1CCN(C)C(C)(C)C1(C)C. The van der Waals surface area contributed by atoms with Crippen LogP contribution in [-0.4, -0.2) is 65.9 Å². The Morgan fingerprint density at radius 2 is 1.57 bits per heavy atom. The van der Waals surface area contributed by atoms with Gasteiger partial charge in [-0.25, -0.2) is 0 Å². The number of nitrogens with zero attached hydrogens (tertiary/aromatic N) is 1. The zero-order valence-corrected chi connectivity index (χ0v) is 16.2. The predicted octanol–water partition coefficient (Wildman–Crippen LogP) is 1.89. The van der Waals surface area contributed by atoms with Gasteiger partial charge in [-0.3, -0.25) is 0 Å². The van der Waals surface area contributed by atoms with Gasteiger partial charge in [0.05, 0.1) is 5.67 Å². The summed E-state index contributed by atoms with van der Waals surface area (Å²) in [5.41, 5.74) is 0.310. The van der Waals surface area contributed by atoms with Crippen LogP contribution in [0.5, 0.6) is 0 Å². The maximum absolute atomic E-state index is 5.60. The first-order valence-electron chi connectivity index (χ1n) is 7.71. The van der Waals surface area contributed by atoms with E-state index in [-0.39, 0.29) is 16.6 Å². The number of hydrogen-bond acceptors (Lipinski definition) is 5. The second-order valence-electron chi connectivity index (χ2n) is 7.15. The zero-order valence-electron chi connectivity index (χ0n) is 15.2.